The minimum atomic E-state index is 0.359. The minimum absolute atomic E-state index is 0.359. The maximum Gasteiger partial charge on any atom is 0.169 e. The maximum absolute atomic E-state index is 5.41. The minimum Gasteiger partial charge on any atom is -0.488 e. The highest BCUT2D eigenvalue weighted by Gasteiger charge is 2.14. The Labute approximate surface area is 65.4 Å². The normalized spacial score (nSPS) is 21.4. The van der Waals surface area contributed by atoms with E-state index < -0.39 is 0 Å². The van der Waals surface area contributed by atoms with Crippen molar-refractivity contribution in [3.05, 3.63) is 18.3 Å². The van der Waals surface area contributed by atoms with E-state index in [0.717, 1.165) is 18.2 Å². The van der Waals surface area contributed by atoms with Gasteiger partial charge in [0.1, 0.15) is 6.61 Å². The van der Waals surface area contributed by atoms with E-state index in [1.807, 2.05) is 12.1 Å². The molecule has 1 aromatic heterocycles. The Morgan fingerprint density at radius 2 is 2.64 bits per heavy atom. The first-order chi connectivity index (χ1) is 5.36. The van der Waals surface area contributed by atoms with Gasteiger partial charge in [0, 0.05) is 6.20 Å². The molecule has 11 heavy (non-hydrogen) atoms. The maximum atomic E-state index is 5.41. The van der Waals surface area contributed by atoms with Gasteiger partial charge in [-0.2, -0.15) is 0 Å². The summed E-state index contributed by atoms with van der Waals surface area (Å²) in [6.07, 6.45) is 1.76. The second kappa shape index (κ2) is 2.42. The predicted octanol–water partition coefficient (Wildman–Crippen LogP) is 1.27. The van der Waals surface area contributed by atoms with Crippen molar-refractivity contribution in [1.29, 1.82) is 0 Å². The Morgan fingerprint density at radius 1 is 1.73 bits per heavy atom. The Hall–Kier alpha value is -1.25. The van der Waals surface area contributed by atoms with Crippen LogP contribution in [0.5, 0.6) is 5.75 Å². The van der Waals surface area contributed by atoms with E-state index in [0.29, 0.717) is 6.04 Å². The molecule has 0 spiro atoms. The number of hydrogen-bond acceptors (Lipinski definition) is 3. The lowest BCUT2D eigenvalue weighted by atomic mass is 10.3. The van der Waals surface area contributed by atoms with Crippen LogP contribution in [0.2, 0.25) is 0 Å². The third kappa shape index (κ3) is 1.13. The van der Waals surface area contributed by atoms with Crippen molar-refractivity contribution in [3.63, 3.8) is 0 Å². The number of nitrogens with zero attached hydrogens (tertiary/aromatic N) is 1. The van der Waals surface area contributed by atoms with Crippen LogP contribution >= 0.6 is 0 Å². The molecule has 0 fully saturated rings. The van der Waals surface area contributed by atoms with E-state index in [1.54, 1.807) is 6.20 Å². The van der Waals surface area contributed by atoms with E-state index in [9.17, 15) is 0 Å². The van der Waals surface area contributed by atoms with E-state index in [1.165, 1.54) is 0 Å². The van der Waals surface area contributed by atoms with Gasteiger partial charge in [-0.05, 0) is 19.1 Å². The summed E-state index contributed by atoms with van der Waals surface area (Å²) in [4.78, 5) is 4.13. The van der Waals surface area contributed by atoms with Crippen LogP contribution in [0.3, 0.4) is 0 Å². The molecule has 1 unspecified atom stereocenters. The Bertz CT molecular complexity index is 262. The molecule has 0 aromatic carbocycles. The van der Waals surface area contributed by atoms with Crippen molar-refractivity contribution in [3.8, 4) is 5.75 Å². The van der Waals surface area contributed by atoms with Crippen molar-refractivity contribution in [1.82, 2.24) is 4.98 Å². The van der Waals surface area contributed by atoms with Crippen LogP contribution in [-0.4, -0.2) is 17.6 Å². The van der Waals surface area contributed by atoms with Crippen LogP contribution in [0.1, 0.15) is 6.92 Å². The Balaban J connectivity index is 2.34. The molecule has 0 saturated carbocycles. The summed E-state index contributed by atoms with van der Waals surface area (Å²) in [6.45, 7) is 2.79. The predicted molar refractivity (Wildman–Crippen MR) is 42.8 cm³/mol. The first-order valence-corrected chi connectivity index (χ1v) is 3.70. The molecule has 3 nitrogen and oxygen atoms in total. The lowest BCUT2D eigenvalue weighted by molar-refractivity contribution is 0.290. The van der Waals surface area contributed by atoms with E-state index in [2.05, 4.69) is 17.2 Å². The zero-order chi connectivity index (χ0) is 7.68. The molecule has 1 aliphatic heterocycles. The molecule has 0 aliphatic carbocycles. The molecular weight excluding hydrogens is 140 g/mol. The van der Waals surface area contributed by atoms with Crippen LogP contribution in [0.15, 0.2) is 18.3 Å². The van der Waals surface area contributed by atoms with Crippen molar-refractivity contribution in [2.45, 2.75) is 13.0 Å². The molecule has 1 aliphatic rings. The molecule has 2 heterocycles. The van der Waals surface area contributed by atoms with Crippen molar-refractivity contribution < 1.29 is 4.74 Å². The number of nitrogens with one attached hydrogen (secondary N) is 1. The molecule has 2 rings (SSSR count). The number of anilines is 1. The average molecular weight is 150 g/mol. The molecule has 0 radical (unpaired) electrons. The van der Waals surface area contributed by atoms with Gasteiger partial charge < -0.3 is 10.1 Å². The highest BCUT2D eigenvalue weighted by atomic mass is 16.5. The van der Waals surface area contributed by atoms with Crippen LogP contribution < -0.4 is 10.1 Å². The molecule has 3 heteroatoms. The zero-order valence-corrected chi connectivity index (χ0v) is 6.37. The van der Waals surface area contributed by atoms with Crippen molar-refractivity contribution >= 4 is 5.82 Å². The van der Waals surface area contributed by atoms with Gasteiger partial charge in [0.05, 0.1) is 6.04 Å². The lowest BCUT2D eigenvalue weighted by Crippen LogP contribution is -2.28. The average Bonchev–Trinajstić information content (AvgIpc) is 2.04. The molecule has 0 saturated heterocycles. The van der Waals surface area contributed by atoms with Gasteiger partial charge in [-0.15, -0.1) is 0 Å². The largest absolute Gasteiger partial charge is 0.488 e. The van der Waals surface area contributed by atoms with Crippen molar-refractivity contribution in [2.75, 3.05) is 11.9 Å². The first kappa shape index (κ1) is 6.46. The number of ether oxygens (including phenoxy) is 1. The number of aromatic nitrogens is 1. The third-order valence-corrected chi connectivity index (χ3v) is 1.64. The fourth-order valence-electron chi connectivity index (χ4n) is 1.11. The second-order valence-corrected chi connectivity index (χ2v) is 2.71. The summed E-state index contributed by atoms with van der Waals surface area (Å²) >= 11 is 0. The summed E-state index contributed by atoms with van der Waals surface area (Å²) in [5.74, 6) is 1.71. The molecule has 58 valence electrons. The number of hydrogen-bond donors (Lipinski definition) is 1. The van der Waals surface area contributed by atoms with Crippen LogP contribution in [0, 0.1) is 0 Å². The van der Waals surface area contributed by atoms with E-state index in [-0.39, 0.29) is 0 Å². The van der Waals surface area contributed by atoms with Crippen LogP contribution in [0.4, 0.5) is 5.82 Å². The highest BCUT2D eigenvalue weighted by Crippen LogP contribution is 2.24. The molecule has 0 amide bonds. The number of fused-ring (bicyclic) bond motifs is 1. The van der Waals surface area contributed by atoms with E-state index >= 15 is 0 Å². The molecule has 1 N–H and O–H groups in total. The quantitative estimate of drug-likeness (QED) is 0.604. The summed E-state index contributed by atoms with van der Waals surface area (Å²) < 4.78 is 5.41. The summed E-state index contributed by atoms with van der Waals surface area (Å²) in [5, 5.41) is 3.22. The highest BCUT2D eigenvalue weighted by molar-refractivity contribution is 5.51. The van der Waals surface area contributed by atoms with Gasteiger partial charge in [-0.3, -0.25) is 0 Å². The van der Waals surface area contributed by atoms with E-state index in [4.69, 9.17) is 4.74 Å². The number of rotatable bonds is 0. The molecule has 1 atom stereocenters. The molecule has 0 bridgehead atoms. The number of pyridine rings is 1. The second-order valence-electron chi connectivity index (χ2n) is 2.71. The summed E-state index contributed by atoms with van der Waals surface area (Å²) in [7, 11) is 0. The summed E-state index contributed by atoms with van der Waals surface area (Å²) in [5.41, 5.74) is 0. The van der Waals surface area contributed by atoms with Gasteiger partial charge in [-0.25, -0.2) is 4.98 Å². The van der Waals surface area contributed by atoms with Crippen molar-refractivity contribution in [2.24, 2.45) is 0 Å². The fraction of sp³-hybridized carbons (Fsp3) is 0.375. The first-order valence-electron chi connectivity index (χ1n) is 3.70. The fourth-order valence-corrected chi connectivity index (χ4v) is 1.11. The van der Waals surface area contributed by atoms with Crippen LogP contribution in [0.25, 0.3) is 0 Å². The smallest absolute Gasteiger partial charge is 0.169 e. The summed E-state index contributed by atoms with van der Waals surface area (Å²) in [6, 6.07) is 4.15. The van der Waals surface area contributed by atoms with Crippen LogP contribution in [-0.2, 0) is 0 Å². The standard InChI is InChI=1S/C8H10N2O/c1-6-5-11-7-3-2-4-9-8(7)10-6/h2-4,6H,5H2,1H3,(H,9,10). The SMILES string of the molecule is CC1COc2cccnc2N1. The molecular formula is C8H10N2O. The Kier molecular flexibility index (Phi) is 1.42. The van der Waals surface area contributed by atoms with Gasteiger partial charge in [-0.1, -0.05) is 0 Å². The molecule has 1 aromatic rings. The Morgan fingerprint density at radius 3 is 3.55 bits per heavy atom. The van der Waals surface area contributed by atoms with Gasteiger partial charge in [0.25, 0.3) is 0 Å². The topological polar surface area (TPSA) is 34.1 Å². The lowest BCUT2D eigenvalue weighted by Gasteiger charge is -2.23. The van der Waals surface area contributed by atoms with Gasteiger partial charge >= 0.3 is 0 Å². The third-order valence-electron chi connectivity index (χ3n) is 1.64. The van der Waals surface area contributed by atoms with Gasteiger partial charge in [0.15, 0.2) is 11.6 Å². The monoisotopic (exact) mass is 150 g/mol. The van der Waals surface area contributed by atoms with Gasteiger partial charge in [0.2, 0.25) is 0 Å². The zero-order valence-electron chi connectivity index (χ0n) is 6.37.